The molecule has 1 rings (SSSR count). The van der Waals surface area contributed by atoms with Crippen molar-refractivity contribution in [2.24, 2.45) is 0 Å². The Morgan fingerprint density at radius 2 is 2.06 bits per heavy atom. The smallest absolute Gasteiger partial charge is 0.119 e. The van der Waals surface area contributed by atoms with Crippen LogP contribution in [0.3, 0.4) is 0 Å². The molecule has 0 aliphatic heterocycles. The SMILES string of the molecule is CNCc1cc(OCCC(C)(C)OC)ccc1Br. The lowest BCUT2D eigenvalue weighted by Gasteiger charge is -2.22. The Hall–Kier alpha value is -0.580. The topological polar surface area (TPSA) is 30.5 Å². The molecule has 0 aliphatic rings. The first-order valence-electron chi connectivity index (χ1n) is 6.09. The summed E-state index contributed by atoms with van der Waals surface area (Å²) in [5, 5.41) is 3.14. The second kappa shape index (κ2) is 7.12. The van der Waals surface area contributed by atoms with Gasteiger partial charge in [-0.25, -0.2) is 0 Å². The molecule has 0 fully saturated rings. The Labute approximate surface area is 118 Å². The van der Waals surface area contributed by atoms with Crippen molar-refractivity contribution in [2.75, 3.05) is 20.8 Å². The molecular weight excluding hydrogens is 294 g/mol. The van der Waals surface area contributed by atoms with E-state index in [0.29, 0.717) is 6.61 Å². The van der Waals surface area contributed by atoms with Crippen LogP contribution in [0.5, 0.6) is 5.75 Å². The highest BCUT2D eigenvalue weighted by molar-refractivity contribution is 9.10. The second-order valence-corrected chi connectivity index (χ2v) is 5.70. The molecule has 0 spiro atoms. The van der Waals surface area contributed by atoms with E-state index >= 15 is 0 Å². The summed E-state index contributed by atoms with van der Waals surface area (Å²) >= 11 is 3.53. The van der Waals surface area contributed by atoms with Crippen LogP contribution in [0.25, 0.3) is 0 Å². The highest BCUT2D eigenvalue weighted by Crippen LogP contribution is 2.23. The van der Waals surface area contributed by atoms with E-state index in [4.69, 9.17) is 9.47 Å². The summed E-state index contributed by atoms with van der Waals surface area (Å²) in [5.41, 5.74) is 1.06. The van der Waals surface area contributed by atoms with Gasteiger partial charge in [0, 0.05) is 24.5 Å². The molecule has 102 valence electrons. The lowest BCUT2D eigenvalue weighted by molar-refractivity contribution is 0.00545. The average Bonchev–Trinajstić information content (AvgIpc) is 2.33. The first kappa shape index (κ1) is 15.5. The maximum atomic E-state index is 5.76. The van der Waals surface area contributed by atoms with Crippen LogP contribution in [0.1, 0.15) is 25.8 Å². The van der Waals surface area contributed by atoms with Crippen LogP contribution in [0.15, 0.2) is 22.7 Å². The summed E-state index contributed by atoms with van der Waals surface area (Å²) in [6.07, 6.45) is 0.862. The molecule has 1 aromatic rings. The van der Waals surface area contributed by atoms with Crippen molar-refractivity contribution >= 4 is 15.9 Å². The van der Waals surface area contributed by atoms with Crippen molar-refractivity contribution < 1.29 is 9.47 Å². The standard InChI is InChI=1S/C14H22BrNO2/c1-14(2,17-4)7-8-18-12-5-6-13(15)11(9-12)10-16-3/h5-6,9,16H,7-8,10H2,1-4H3. The molecule has 1 N–H and O–H groups in total. The maximum Gasteiger partial charge on any atom is 0.119 e. The van der Waals surface area contributed by atoms with E-state index in [1.54, 1.807) is 7.11 Å². The number of methoxy groups -OCH3 is 1. The Kier molecular flexibility index (Phi) is 6.12. The summed E-state index contributed by atoms with van der Waals surface area (Å²) in [7, 11) is 3.66. The molecule has 3 nitrogen and oxygen atoms in total. The molecule has 1 aromatic carbocycles. The highest BCUT2D eigenvalue weighted by atomic mass is 79.9. The predicted molar refractivity (Wildman–Crippen MR) is 78.1 cm³/mol. The van der Waals surface area contributed by atoms with Crippen molar-refractivity contribution in [1.82, 2.24) is 5.32 Å². The average molecular weight is 316 g/mol. The number of benzene rings is 1. The summed E-state index contributed by atoms with van der Waals surface area (Å²) < 4.78 is 12.2. The Morgan fingerprint density at radius 3 is 2.67 bits per heavy atom. The van der Waals surface area contributed by atoms with Gasteiger partial charge in [0.05, 0.1) is 12.2 Å². The highest BCUT2D eigenvalue weighted by Gasteiger charge is 2.16. The zero-order chi connectivity index (χ0) is 13.6. The van der Waals surface area contributed by atoms with Crippen molar-refractivity contribution in [3.63, 3.8) is 0 Å². The van der Waals surface area contributed by atoms with Crippen molar-refractivity contribution in [1.29, 1.82) is 0 Å². The summed E-state index contributed by atoms with van der Waals surface area (Å²) in [5.74, 6) is 0.898. The number of hydrogen-bond acceptors (Lipinski definition) is 3. The largest absolute Gasteiger partial charge is 0.493 e. The third-order valence-electron chi connectivity index (χ3n) is 2.91. The number of hydrogen-bond donors (Lipinski definition) is 1. The van der Waals surface area contributed by atoms with E-state index in [-0.39, 0.29) is 5.60 Å². The van der Waals surface area contributed by atoms with E-state index in [1.807, 2.05) is 19.2 Å². The number of halogens is 1. The van der Waals surface area contributed by atoms with Gasteiger partial charge in [0.1, 0.15) is 5.75 Å². The molecule has 0 bridgehead atoms. The van der Waals surface area contributed by atoms with Crippen molar-refractivity contribution in [2.45, 2.75) is 32.4 Å². The Balaban J connectivity index is 2.55. The minimum Gasteiger partial charge on any atom is -0.493 e. The fraction of sp³-hybridized carbons (Fsp3) is 0.571. The van der Waals surface area contributed by atoms with Crippen LogP contribution in [0, 0.1) is 0 Å². The first-order valence-corrected chi connectivity index (χ1v) is 6.89. The molecule has 0 heterocycles. The molecule has 0 unspecified atom stereocenters. The van der Waals surface area contributed by atoms with Gasteiger partial charge in [-0.05, 0) is 44.7 Å². The molecule has 0 radical (unpaired) electrons. The second-order valence-electron chi connectivity index (χ2n) is 4.85. The Bertz CT molecular complexity index is 380. The molecule has 0 saturated heterocycles. The lowest BCUT2D eigenvalue weighted by atomic mass is 10.1. The molecule has 0 atom stereocenters. The van der Waals surface area contributed by atoms with Crippen molar-refractivity contribution in [3.8, 4) is 5.75 Å². The maximum absolute atomic E-state index is 5.76. The van der Waals surface area contributed by atoms with Gasteiger partial charge in [0.25, 0.3) is 0 Å². The molecular formula is C14H22BrNO2. The Morgan fingerprint density at radius 1 is 1.33 bits per heavy atom. The predicted octanol–water partition coefficient (Wildman–Crippen LogP) is 3.36. The molecule has 0 aliphatic carbocycles. The van der Waals surface area contributed by atoms with Gasteiger partial charge in [-0.2, -0.15) is 0 Å². The number of rotatable bonds is 7. The summed E-state index contributed by atoms with van der Waals surface area (Å²) in [6.45, 7) is 5.59. The molecule has 0 aromatic heterocycles. The zero-order valence-electron chi connectivity index (χ0n) is 11.5. The van der Waals surface area contributed by atoms with Crippen LogP contribution in [-0.2, 0) is 11.3 Å². The van der Waals surface area contributed by atoms with Gasteiger partial charge in [0.2, 0.25) is 0 Å². The summed E-state index contributed by atoms with van der Waals surface area (Å²) in [4.78, 5) is 0. The van der Waals surface area contributed by atoms with Gasteiger partial charge >= 0.3 is 0 Å². The molecule has 4 heteroatoms. The van der Waals surface area contributed by atoms with Crippen LogP contribution in [-0.4, -0.2) is 26.4 Å². The van der Waals surface area contributed by atoms with E-state index in [9.17, 15) is 0 Å². The zero-order valence-corrected chi connectivity index (χ0v) is 13.1. The fourth-order valence-corrected chi connectivity index (χ4v) is 1.87. The minimum atomic E-state index is -0.136. The van der Waals surface area contributed by atoms with E-state index in [0.717, 1.165) is 23.2 Å². The number of nitrogens with one attached hydrogen (secondary N) is 1. The van der Waals surface area contributed by atoms with E-state index in [2.05, 4.69) is 41.2 Å². The molecule has 0 amide bonds. The third-order valence-corrected chi connectivity index (χ3v) is 3.68. The minimum absolute atomic E-state index is 0.136. The monoisotopic (exact) mass is 315 g/mol. The van der Waals surface area contributed by atoms with Gasteiger partial charge < -0.3 is 14.8 Å². The third kappa shape index (κ3) is 4.96. The van der Waals surface area contributed by atoms with E-state index < -0.39 is 0 Å². The first-order chi connectivity index (χ1) is 8.48. The molecule has 0 saturated carbocycles. The van der Waals surface area contributed by atoms with Gasteiger partial charge in [-0.3, -0.25) is 0 Å². The summed E-state index contributed by atoms with van der Waals surface area (Å²) in [6, 6.07) is 6.05. The lowest BCUT2D eigenvalue weighted by Crippen LogP contribution is -2.25. The van der Waals surface area contributed by atoms with E-state index in [1.165, 1.54) is 5.56 Å². The van der Waals surface area contributed by atoms with Gasteiger partial charge in [0.15, 0.2) is 0 Å². The van der Waals surface area contributed by atoms with Gasteiger partial charge in [-0.15, -0.1) is 0 Å². The normalized spacial score (nSPS) is 11.6. The van der Waals surface area contributed by atoms with Gasteiger partial charge in [-0.1, -0.05) is 15.9 Å². The van der Waals surface area contributed by atoms with Crippen LogP contribution < -0.4 is 10.1 Å². The number of ether oxygens (including phenoxy) is 2. The fourth-order valence-electron chi connectivity index (χ4n) is 1.48. The van der Waals surface area contributed by atoms with Crippen LogP contribution in [0.2, 0.25) is 0 Å². The quantitative estimate of drug-likeness (QED) is 0.837. The van der Waals surface area contributed by atoms with Crippen molar-refractivity contribution in [3.05, 3.63) is 28.2 Å². The van der Waals surface area contributed by atoms with Crippen LogP contribution in [0.4, 0.5) is 0 Å². The van der Waals surface area contributed by atoms with Crippen LogP contribution >= 0.6 is 15.9 Å². The molecule has 18 heavy (non-hydrogen) atoms.